The second kappa shape index (κ2) is 6.34. The van der Waals surface area contributed by atoms with Gasteiger partial charge in [0.05, 0.1) is 6.42 Å². The highest BCUT2D eigenvalue weighted by atomic mass is 32.1. The van der Waals surface area contributed by atoms with E-state index in [-0.39, 0.29) is 5.91 Å². The van der Waals surface area contributed by atoms with Crippen LogP contribution < -0.4 is 5.73 Å². The van der Waals surface area contributed by atoms with Crippen molar-refractivity contribution in [3.8, 4) is 0 Å². The summed E-state index contributed by atoms with van der Waals surface area (Å²) in [4.78, 5) is 14.4. The first-order chi connectivity index (χ1) is 8.76. The number of likely N-dealkylation sites (N-methyl/N-ethyl adjacent to an activating group) is 1. The quantitative estimate of drug-likeness (QED) is 0.888. The number of thiophene rings is 1. The summed E-state index contributed by atoms with van der Waals surface area (Å²) in [5.74, 6) is 0.748. The molecule has 0 radical (unpaired) electrons. The van der Waals surface area contributed by atoms with Crippen LogP contribution in [0.1, 0.15) is 31.7 Å². The van der Waals surface area contributed by atoms with Gasteiger partial charge in [-0.25, -0.2) is 0 Å². The Morgan fingerprint density at radius 1 is 1.56 bits per heavy atom. The molecule has 1 amide bonds. The number of carbonyl (C=O) groups is 1. The van der Waals surface area contributed by atoms with Gasteiger partial charge in [0, 0.05) is 12.6 Å². The third-order valence-corrected chi connectivity index (χ3v) is 4.65. The molecule has 2 atom stereocenters. The molecule has 1 heterocycles. The van der Waals surface area contributed by atoms with E-state index in [1.807, 2.05) is 16.3 Å². The third-order valence-electron chi connectivity index (χ3n) is 3.92. The number of hydrogen-bond donors (Lipinski definition) is 1. The van der Waals surface area contributed by atoms with E-state index < -0.39 is 0 Å². The minimum absolute atomic E-state index is 0.251. The van der Waals surface area contributed by atoms with E-state index in [4.69, 9.17) is 5.73 Å². The maximum absolute atomic E-state index is 12.4. The van der Waals surface area contributed by atoms with Crippen LogP contribution in [0.5, 0.6) is 0 Å². The van der Waals surface area contributed by atoms with Gasteiger partial charge in [-0.15, -0.1) is 0 Å². The molecule has 0 bridgehead atoms. The number of nitrogens with zero attached hydrogens (tertiary/aromatic N) is 1. The van der Waals surface area contributed by atoms with Crippen LogP contribution in [0.3, 0.4) is 0 Å². The maximum Gasteiger partial charge on any atom is 0.227 e. The summed E-state index contributed by atoms with van der Waals surface area (Å²) in [5, 5.41) is 4.08. The Labute approximate surface area is 113 Å². The van der Waals surface area contributed by atoms with Gasteiger partial charge >= 0.3 is 0 Å². The van der Waals surface area contributed by atoms with Gasteiger partial charge in [0.1, 0.15) is 0 Å². The molecular formula is C14H22N2OS. The Hall–Kier alpha value is -0.870. The van der Waals surface area contributed by atoms with E-state index in [0.29, 0.717) is 24.9 Å². The molecule has 2 N–H and O–H groups in total. The average Bonchev–Trinajstić information content (AvgIpc) is 3.01. The molecule has 18 heavy (non-hydrogen) atoms. The summed E-state index contributed by atoms with van der Waals surface area (Å²) in [7, 11) is 0. The monoisotopic (exact) mass is 266 g/mol. The molecule has 0 aromatic carbocycles. The summed E-state index contributed by atoms with van der Waals surface area (Å²) >= 11 is 1.65. The highest BCUT2D eigenvalue weighted by molar-refractivity contribution is 7.07. The van der Waals surface area contributed by atoms with E-state index in [2.05, 4.69) is 12.3 Å². The highest BCUT2D eigenvalue weighted by Crippen LogP contribution is 2.29. The lowest BCUT2D eigenvalue weighted by Gasteiger charge is -2.32. The van der Waals surface area contributed by atoms with Crippen LogP contribution >= 0.6 is 11.3 Å². The van der Waals surface area contributed by atoms with Gasteiger partial charge < -0.3 is 10.6 Å². The predicted molar refractivity (Wildman–Crippen MR) is 75.6 cm³/mol. The lowest BCUT2D eigenvalue weighted by atomic mass is 10.0. The Morgan fingerprint density at radius 3 is 3.00 bits per heavy atom. The van der Waals surface area contributed by atoms with Crippen molar-refractivity contribution in [2.45, 2.75) is 38.6 Å². The smallest absolute Gasteiger partial charge is 0.227 e. The SMILES string of the molecule is CCN(C(=O)Cc1ccsc1)C1CCCC1CN. The number of rotatable bonds is 5. The minimum atomic E-state index is 0.251. The molecule has 0 saturated heterocycles. The van der Waals surface area contributed by atoms with Gasteiger partial charge in [0.15, 0.2) is 0 Å². The fourth-order valence-electron chi connectivity index (χ4n) is 2.97. The van der Waals surface area contributed by atoms with Gasteiger partial charge in [-0.1, -0.05) is 6.42 Å². The van der Waals surface area contributed by atoms with E-state index in [1.54, 1.807) is 11.3 Å². The highest BCUT2D eigenvalue weighted by Gasteiger charge is 2.32. The Kier molecular flexibility index (Phi) is 4.78. The zero-order chi connectivity index (χ0) is 13.0. The van der Waals surface area contributed by atoms with E-state index in [1.165, 1.54) is 12.8 Å². The molecule has 1 fully saturated rings. The second-order valence-corrected chi connectivity index (χ2v) is 5.76. The predicted octanol–water partition coefficient (Wildman–Crippen LogP) is 2.27. The van der Waals surface area contributed by atoms with Gasteiger partial charge in [0.25, 0.3) is 0 Å². The molecule has 1 aliphatic carbocycles. The van der Waals surface area contributed by atoms with Crippen LogP contribution in [0.15, 0.2) is 16.8 Å². The molecule has 0 aliphatic heterocycles. The number of nitrogens with two attached hydrogens (primary N) is 1. The van der Waals surface area contributed by atoms with Crippen LogP contribution in [0, 0.1) is 5.92 Å². The number of hydrogen-bond acceptors (Lipinski definition) is 3. The van der Waals surface area contributed by atoms with Crippen LogP contribution in [-0.2, 0) is 11.2 Å². The summed E-state index contributed by atoms with van der Waals surface area (Å²) in [6.07, 6.45) is 4.02. The average molecular weight is 266 g/mol. The van der Waals surface area contributed by atoms with Crippen molar-refractivity contribution in [2.24, 2.45) is 11.7 Å². The first-order valence-corrected chi connectivity index (χ1v) is 7.71. The molecule has 3 nitrogen and oxygen atoms in total. The van der Waals surface area contributed by atoms with Crippen molar-refractivity contribution in [2.75, 3.05) is 13.1 Å². The maximum atomic E-state index is 12.4. The minimum Gasteiger partial charge on any atom is -0.339 e. The zero-order valence-electron chi connectivity index (χ0n) is 11.0. The second-order valence-electron chi connectivity index (χ2n) is 4.98. The fourth-order valence-corrected chi connectivity index (χ4v) is 3.64. The standard InChI is InChI=1S/C14H22N2OS/c1-2-16(13-5-3-4-12(13)9-15)14(17)8-11-6-7-18-10-11/h6-7,10,12-13H,2-5,8-9,15H2,1H3. The molecular weight excluding hydrogens is 244 g/mol. The lowest BCUT2D eigenvalue weighted by Crippen LogP contribution is -2.44. The lowest BCUT2D eigenvalue weighted by molar-refractivity contribution is -0.133. The van der Waals surface area contributed by atoms with Crippen LogP contribution in [0.25, 0.3) is 0 Å². The van der Waals surface area contributed by atoms with Gasteiger partial charge in [0.2, 0.25) is 5.91 Å². The van der Waals surface area contributed by atoms with Gasteiger partial charge in [-0.2, -0.15) is 11.3 Å². The molecule has 1 saturated carbocycles. The van der Waals surface area contributed by atoms with Crippen molar-refractivity contribution in [3.05, 3.63) is 22.4 Å². The fraction of sp³-hybridized carbons (Fsp3) is 0.643. The summed E-state index contributed by atoms with van der Waals surface area (Å²) in [6.45, 7) is 3.56. The molecule has 2 rings (SSSR count). The molecule has 1 aliphatic rings. The van der Waals surface area contributed by atoms with Crippen LogP contribution in [-0.4, -0.2) is 29.9 Å². The van der Waals surface area contributed by atoms with E-state index >= 15 is 0 Å². The van der Waals surface area contributed by atoms with Gasteiger partial charge in [-0.3, -0.25) is 4.79 Å². The number of carbonyl (C=O) groups excluding carboxylic acids is 1. The largest absolute Gasteiger partial charge is 0.339 e. The normalized spacial score (nSPS) is 23.2. The van der Waals surface area contributed by atoms with E-state index in [9.17, 15) is 4.79 Å². The van der Waals surface area contributed by atoms with Crippen molar-refractivity contribution >= 4 is 17.2 Å². The topological polar surface area (TPSA) is 46.3 Å². The van der Waals surface area contributed by atoms with Crippen molar-refractivity contribution in [1.29, 1.82) is 0 Å². The Balaban J connectivity index is 2.01. The summed E-state index contributed by atoms with van der Waals surface area (Å²) in [5.41, 5.74) is 6.95. The van der Waals surface area contributed by atoms with Crippen molar-refractivity contribution in [3.63, 3.8) is 0 Å². The molecule has 2 unspecified atom stereocenters. The summed E-state index contributed by atoms with van der Waals surface area (Å²) < 4.78 is 0. The van der Waals surface area contributed by atoms with Crippen LogP contribution in [0.4, 0.5) is 0 Å². The molecule has 1 aromatic rings. The first-order valence-electron chi connectivity index (χ1n) is 6.76. The zero-order valence-corrected chi connectivity index (χ0v) is 11.8. The molecule has 0 spiro atoms. The third kappa shape index (κ3) is 2.93. The van der Waals surface area contributed by atoms with Crippen molar-refractivity contribution in [1.82, 2.24) is 4.90 Å². The first kappa shape index (κ1) is 13.6. The molecule has 100 valence electrons. The Morgan fingerprint density at radius 2 is 2.39 bits per heavy atom. The van der Waals surface area contributed by atoms with Crippen molar-refractivity contribution < 1.29 is 4.79 Å². The summed E-state index contributed by atoms with van der Waals surface area (Å²) in [6, 6.07) is 2.40. The van der Waals surface area contributed by atoms with Gasteiger partial charge in [-0.05, 0) is 54.6 Å². The molecule has 1 aromatic heterocycles. The number of amides is 1. The van der Waals surface area contributed by atoms with Crippen LogP contribution in [0.2, 0.25) is 0 Å². The molecule has 4 heteroatoms. The Bertz CT molecular complexity index is 377. The van der Waals surface area contributed by atoms with E-state index in [0.717, 1.165) is 18.5 Å².